The molecule has 6 nitrogen and oxygen atoms in total. The lowest BCUT2D eigenvalue weighted by atomic mass is 10.1. The fourth-order valence-electron chi connectivity index (χ4n) is 3.19. The van der Waals surface area contributed by atoms with Crippen LogP contribution in [-0.2, 0) is 6.61 Å². The zero-order valence-electron chi connectivity index (χ0n) is 17.3. The summed E-state index contributed by atoms with van der Waals surface area (Å²) in [5.41, 5.74) is 4.18. The van der Waals surface area contributed by atoms with Crippen LogP contribution in [0.2, 0.25) is 0 Å². The van der Waals surface area contributed by atoms with E-state index in [1.807, 2.05) is 60.8 Å². The summed E-state index contributed by atoms with van der Waals surface area (Å²) < 4.78 is 16.8. The summed E-state index contributed by atoms with van der Waals surface area (Å²) in [6, 6.07) is 22.8. The average Bonchev–Trinajstić information content (AvgIpc) is 3.33. The molecule has 0 amide bonds. The minimum Gasteiger partial charge on any atom is -0.497 e. The van der Waals surface area contributed by atoms with Gasteiger partial charge in [-0.3, -0.25) is 0 Å². The number of H-pyrrole nitrogens is 1. The molecule has 0 unspecified atom stereocenters. The summed E-state index contributed by atoms with van der Waals surface area (Å²) in [5.74, 6) is 2.88. The molecule has 6 heteroatoms. The average molecular weight is 411 g/mol. The second-order valence-corrected chi connectivity index (χ2v) is 6.83. The van der Waals surface area contributed by atoms with Crippen LogP contribution in [0.3, 0.4) is 0 Å². The van der Waals surface area contributed by atoms with Crippen molar-refractivity contribution in [2.24, 2.45) is 0 Å². The van der Waals surface area contributed by atoms with E-state index in [4.69, 9.17) is 24.5 Å². The number of aromatic amines is 1. The molecule has 3 aromatic carbocycles. The number of hydrogen-bond acceptors (Lipinski definition) is 5. The Morgan fingerprint density at radius 1 is 0.935 bits per heavy atom. The molecule has 1 heterocycles. The Hall–Kier alpha value is -4.24. The van der Waals surface area contributed by atoms with Crippen LogP contribution in [0.15, 0.2) is 72.9 Å². The lowest BCUT2D eigenvalue weighted by molar-refractivity contribution is 0.304. The Labute approximate surface area is 180 Å². The number of nitrogens with zero attached hydrogens (tertiary/aromatic N) is 2. The Bertz CT molecular complexity index is 1220. The summed E-state index contributed by atoms with van der Waals surface area (Å²) in [4.78, 5) is 7.93. The standard InChI is InChI=1S/C25H21N3O3/c1-29-20-5-3-4-19(12-20)25-27-15-23(28-25)22-11-10-21(13-24(22)30-2)31-16-18-8-6-17(14-26)7-9-18/h3-13,15H,16H2,1-2H3,(H,27,28). The molecule has 0 bridgehead atoms. The van der Waals surface area contributed by atoms with Crippen molar-refractivity contribution in [1.29, 1.82) is 5.26 Å². The molecule has 0 spiro atoms. The Morgan fingerprint density at radius 3 is 2.52 bits per heavy atom. The SMILES string of the molecule is COc1cccc(-c2nc(-c3ccc(OCc4ccc(C#N)cc4)cc3OC)c[nH]2)c1. The van der Waals surface area contributed by atoms with E-state index in [2.05, 4.69) is 11.1 Å². The van der Waals surface area contributed by atoms with Crippen LogP contribution in [0.25, 0.3) is 22.6 Å². The molecule has 0 aliphatic rings. The second kappa shape index (κ2) is 9.06. The van der Waals surface area contributed by atoms with Gasteiger partial charge < -0.3 is 19.2 Å². The van der Waals surface area contributed by atoms with E-state index < -0.39 is 0 Å². The number of imidazole rings is 1. The maximum Gasteiger partial charge on any atom is 0.138 e. The maximum absolute atomic E-state index is 8.90. The van der Waals surface area contributed by atoms with Crippen LogP contribution in [0, 0.1) is 11.3 Å². The van der Waals surface area contributed by atoms with Crippen LogP contribution in [0.4, 0.5) is 0 Å². The predicted octanol–water partition coefficient (Wildman–Crippen LogP) is 5.21. The van der Waals surface area contributed by atoms with Crippen LogP contribution < -0.4 is 14.2 Å². The van der Waals surface area contributed by atoms with E-state index >= 15 is 0 Å². The first-order valence-electron chi connectivity index (χ1n) is 9.70. The first-order valence-corrected chi connectivity index (χ1v) is 9.70. The summed E-state index contributed by atoms with van der Waals surface area (Å²) in [6.07, 6.45) is 1.85. The molecule has 0 radical (unpaired) electrons. The second-order valence-electron chi connectivity index (χ2n) is 6.83. The molecule has 4 rings (SSSR count). The van der Waals surface area contributed by atoms with Gasteiger partial charge in [0.2, 0.25) is 0 Å². The molecule has 1 aromatic heterocycles. The van der Waals surface area contributed by atoms with E-state index in [1.165, 1.54) is 0 Å². The fraction of sp³-hybridized carbons (Fsp3) is 0.120. The first-order chi connectivity index (χ1) is 15.2. The number of nitriles is 1. The van der Waals surface area contributed by atoms with Gasteiger partial charge in [0, 0.05) is 23.4 Å². The summed E-state index contributed by atoms with van der Waals surface area (Å²) >= 11 is 0. The van der Waals surface area contributed by atoms with E-state index in [1.54, 1.807) is 26.4 Å². The summed E-state index contributed by atoms with van der Waals surface area (Å²) in [5, 5.41) is 8.90. The fourth-order valence-corrected chi connectivity index (χ4v) is 3.19. The van der Waals surface area contributed by atoms with Crippen molar-refractivity contribution in [3.8, 4) is 46.0 Å². The van der Waals surface area contributed by atoms with Crippen molar-refractivity contribution in [2.75, 3.05) is 14.2 Å². The third-order valence-electron chi connectivity index (χ3n) is 4.86. The topological polar surface area (TPSA) is 80.2 Å². The van der Waals surface area contributed by atoms with Gasteiger partial charge in [0.25, 0.3) is 0 Å². The molecule has 0 saturated heterocycles. The van der Waals surface area contributed by atoms with Crippen LogP contribution in [0.5, 0.6) is 17.2 Å². The highest BCUT2D eigenvalue weighted by molar-refractivity contribution is 5.71. The molecular weight excluding hydrogens is 390 g/mol. The lowest BCUT2D eigenvalue weighted by Gasteiger charge is -2.11. The van der Waals surface area contributed by atoms with Gasteiger partial charge >= 0.3 is 0 Å². The summed E-state index contributed by atoms with van der Waals surface area (Å²) in [6.45, 7) is 0.399. The molecule has 0 fully saturated rings. The van der Waals surface area contributed by atoms with Crippen molar-refractivity contribution < 1.29 is 14.2 Å². The van der Waals surface area contributed by atoms with E-state index in [9.17, 15) is 0 Å². The molecule has 154 valence electrons. The normalized spacial score (nSPS) is 10.4. The Kier molecular flexibility index (Phi) is 5.86. The smallest absolute Gasteiger partial charge is 0.138 e. The highest BCUT2D eigenvalue weighted by Crippen LogP contribution is 2.34. The van der Waals surface area contributed by atoms with Crippen molar-refractivity contribution in [2.45, 2.75) is 6.61 Å². The zero-order valence-corrected chi connectivity index (χ0v) is 17.3. The van der Waals surface area contributed by atoms with E-state index in [0.29, 0.717) is 23.7 Å². The minimum atomic E-state index is 0.399. The van der Waals surface area contributed by atoms with E-state index in [-0.39, 0.29) is 0 Å². The van der Waals surface area contributed by atoms with Gasteiger partial charge in [-0.1, -0.05) is 24.3 Å². The van der Waals surface area contributed by atoms with Crippen molar-refractivity contribution in [1.82, 2.24) is 9.97 Å². The maximum atomic E-state index is 8.90. The predicted molar refractivity (Wildman–Crippen MR) is 118 cm³/mol. The molecule has 31 heavy (non-hydrogen) atoms. The molecule has 0 aliphatic carbocycles. The zero-order chi connectivity index (χ0) is 21.6. The number of ether oxygens (including phenoxy) is 3. The van der Waals surface area contributed by atoms with Crippen molar-refractivity contribution in [3.63, 3.8) is 0 Å². The molecular formula is C25H21N3O3. The van der Waals surface area contributed by atoms with Gasteiger partial charge in [0.05, 0.1) is 31.5 Å². The van der Waals surface area contributed by atoms with Gasteiger partial charge in [-0.15, -0.1) is 0 Å². The molecule has 0 atom stereocenters. The largest absolute Gasteiger partial charge is 0.497 e. The summed E-state index contributed by atoms with van der Waals surface area (Å²) in [7, 11) is 3.27. The molecule has 4 aromatic rings. The third-order valence-corrected chi connectivity index (χ3v) is 4.86. The van der Waals surface area contributed by atoms with Gasteiger partial charge in [-0.2, -0.15) is 5.26 Å². The number of nitrogens with one attached hydrogen (secondary N) is 1. The van der Waals surface area contributed by atoms with Gasteiger partial charge in [-0.05, 0) is 42.0 Å². The number of benzene rings is 3. The number of methoxy groups -OCH3 is 2. The number of rotatable bonds is 7. The highest BCUT2D eigenvalue weighted by Gasteiger charge is 2.12. The quantitative estimate of drug-likeness (QED) is 0.451. The van der Waals surface area contributed by atoms with Gasteiger partial charge in [0.15, 0.2) is 0 Å². The first kappa shape index (κ1) is 20.0. The monoisotopic (exact) mass is 411 g/mol. The lowest BCUT2D eigenvalue weighted by Crippen LogP contribution is -1.97. The van der Waals surface area contributed by atoms with E-state index in [0.717, 1.165) is 34.0 Å². The van der Waals surface area contributed by atoms with Crippen molar-refractivity contribution in [3.05, 3.63) is 84.1 Å². The molecule has 0 saturated carbocycles. The van der Waals surface area contributed by atoms with Crippen LogP contribution >= 0.6 is 0 Å². The highest BCUT2D eigenvalue weighted by atomic mass is 16.5. The van der Waals surface area contributed by atoms with Crippen molar-refractivity contribution >= 4 is 0 Å². The molecule has 1 N–H and O–H groups in total. The minimum absolute atomic E-state index is 0.399. The number of aromatic nitrogens is 2. The van der Waals surface area contributed by atoms with Crippen LogP contribution in [0.1, 0.15) is 11.1 Å². The van der Waals surface area contributed by atoms with Crippen LogP contribution in [-0.4, -0.2) is 24.2 Å². The van der Waals surface area contributed by atoms with Gasteiger partial charge in [0.1, 0.15) is 29.7 Å². The third kappa shape index (κ3) is 4.51. The Morgan fingerprint density at radius 2 is 1.77 bits per heavy atom. The number of hydrogen-bond donors (Lipinski definition) is 1. The molecule has 0 aliphatic heterocycles. The van der Waals surface area contributed by atoms with Gasteiger partial charge in [-0.25, -0.2) is 4.98 Å². The Balaban J connectivity index is 1.53.